The van der Waals surface area contributed by atoms with E-state index < -0.39 is 0 Å². The van der Waals surface area contributed by atoms with E-state index in [1.165, 1.54) is 32.1 Å². The molecule has 1 saturated carbocycles. The molecule has 5 heteroatoms. The Hall–Kier alpha value is -0.940. The van der Waals surface area contributed by atoms with Crippen molar-refractivity contribution in [3.05, 3.63) is 11.9 Å². The maximum atomic E-state index is 5.78. The van der Waals surface area contributed by atoms with Gasteiger partial charge < -0.3 is 10.1 Å². The van der Waals surface area contributed by atoms with Crippen molar-refractivity contribution < 1.29 is 4.74 Å². The zero-order chi connectivity index (χ0) is 14.0. The zero-order valence-electron chi connectivity index (χ0n) is 12.7. The van der Waals surface area contributed by atoms with Crippen molar-refractivity contribution in [1.82, 2.24) is 20.3 Å². The molecule has 114 valence electrons. The van der Waals surface area contributed by atoms with Crippen LogP contribution in [-0.2, 0) is 17.8 Å². The van der Waals surface area contributed by atoms with Crippen LogP contribution in [0, 0.1) is 5.92 Å². The van der Waals surface area contributed by atoms with E-state index in [4.69, 9.17) is 4.74 Å². The third kappa shape index (κ3) is 5.59. The molecule has 0 saturated heterocycles. The van der Waals surface area contributed by atoms with Crippen LogP contribution in [0.15, 0.2) is 6.20 Å². The molecule has 0 aromatic carbocycles. The minimum atomic E-state index is 0.738. The second kappa shape index (κ2) is 9.08. The van der Waals surface area contributed by atoms with Gasteiger partial charge in [-0.15, -0.1) is 5.10 Å². The van der Waals surface area contributed by atoms with Crippen molar-refractivity contribution in [2.45, 2.75) is 58.5 Å². The van der Waals surface area contributed by atoms with E-state index in [0.717, 1.165) is 50.9 Å². The van der Waals surface area contributed by atoms with E-state index in [0.29, 0.717) is 0 Å². The first-order valence-electron chi connectivity index (χ1n) is 8.06. The van der Waals surface area contributed by atoms with Crippen LogP contribution in [0.5, 0.6) is 0 Å². The minimum Gasteiger partial charge on any atom is -0.379 e. The van der Waals surface area contributed by atoms with E-state index >= 15 is 0 Å². The molecule has 0 bridgehead atoms. The predicted octanol–water partition coefficient (Wildman–Crippen LogP) is 2.37. The average Bonchev–Trinajstić information content (AvgIpc) is 2.93. The molecule has 0 atom stereocenters. The van der Waals surface area contributed by atoms with Crippen LogP contribution in [0.25, 0.3) is 0 Å². The van der Waals surface area contributed by atoms with E-state index in [1.54, 1.807) is 0 Å². The smallest absolute Gasteiger partial charge is 0.0964 e. The summed E-state index contributed by atoms with van der Waals surface area (Å²) in [4.78, 5) is 0. The lowest BCUT2D eigenvalue weighted by Crippen LogP contribution is -2.16. The first kappa shape index (κ1) is 15.4. The monoisotopic (exact) mass is 280 g/mol. The molecule has 2 rings (SSSR count). The van der Waals surface area contributed by atoms with Gasteiger partial charge in [-0.25, -0.2) is 4.68 Å². The van der Waals surface area contributed by atoms with Crippen LogP contribution < -0.4 is 5.32 Å². The SMILES string of the molecule is CCCNCc1cn(CCOCC2CCCCC2)nn1. The Labute approximate surface area is 122 Å². The normalized spacial score (nSPS) is 16.6. The molecule has 0 unspecified atom stereocenters. The summed E-state index contributed by atoms with van der Waals surface area (Å²) in [6.45, 7) is 6.44. The highest BCUT2D eigenvalue weighted by atomic mass is 16.5. The molecule has 0 aliphatic heterocycles. The summed E-state index contributed by atoms with van der Waals surface area (Å²) < 4.78 is 7.66. The summed E-state index contributed by atoms with van der Waals surface area (Å²) in [5.41, 5.74) is 1.01. The van der Waals surface area contributed by atoms with Gasteiger partial charge in [0.25, 0.3) is 0 Å². The first-order chi connectivity index (χ1) is 9.88. The number of ether oxygens (including phenoxy) is 1. The standard InChI is InChI=1S/C15H28N4O/c1-2-8-16-11-15-12-19(18-17-15)9-10-20-13-14-6-4-3-5-7-14/h12,14,16H,2-11,13H2,1H3. The van der Waals surface area contributed by atoms with E-state index in [2.05, 4.69) is 22.6 Å². The Morgan fingerprint density at radius 1 is 1.35 bits per heavy atom. The van der Waals surface area contributed by atoms with Crippen molar-refractivity contribution in [3.8, 4) is 0 Å². The number of hydrogen-bond acceptors (Lipinski definition) is 4. The molecule has 1 aliphatic carbocycles. The van der Waals surface area contributed by atoms with Crippen LogP contribution in [0.4, 0.5) is 0 Å². The predicted molar refractivity (Wildman–Crippen MR) is 79.4 cm³/mol. The van der Waals surface area contributed by atoms with Gasteiger partial charge in [-0.1, -0.05) is 31.4 Å². The van der Waals surface area contributed by atoms with E-state index in [-0.39, 0.29) is 0 Å². The Morgan fingerprint density at radius 2 is 2.20 bits per heavy atom. The lowest BCUT2D eigenvalue weighted by atomic mass is 9.90. The van der Waals surface area contributed by atoms with Crippen molar-refractivity contribution >= 4 is 0 Å². The number of nitrogens with zero attached hydrogens (tertiary/aromatic N) is 3. The van der Waals surface area contributed by atoms with Gasteiger partial charge in [0, 0.05) is 19.3 Å². The van der Waals surface area contributed by atoms with Gasteiger partial charge in [-0.2, -0.15) is 0 Å². The maximum Gasteiger partial charge on any atom is 0.0964 e. The number of hydrogen-bond donors (Lipinski definition) is 1. The summed E-state index contributed by atoms with van der Waals surface area (Å²) in [7, 11) is 0. The van der Waals surface area contributed by atoms with Crippen LogP contribution in [-0.4, -0.2) is 34.8 Å². The van der Waals surface area contributed by atoms with Gasteiger partial charge in [0.05, 0.1) is 18.8 Å². The Balaban J connectivity index is 1.56. The maximum absolute atomic E-state index is 5.78. The molecule has 0 spiro atoms. The van der Waals surface area contributed by atoms with Crippen LogP contribution in [0.2, 0.25) is 0 Å². The highest BCUT2D eigenvalue weighted by Crippen LogP contribution is 2.23. The quantitative estimate of drug-likeness (QED) is 0.706. The first-order valence-corrected chi connectivity index (χ1v) is 8.06. The van der Waals surface area contributed by atoms with Crippen LogP contribution >= 0.6 is 0 Å². The molecule has 1 aromatic rings. The molecule has 1 N–H and O–H groups in total. The topological polar surface area (TPSA) is 52.0 Å². The molecule has 0 amide bonds. The second-order valence-corrected chi connectivity index (χ2v) is 5.73. The number of aromatic nitrogens is 3. The van der Waals surface area contributed by atoms with Gasteiger partial charge in [0.1, 0.15) is 0 Å². The molecule has 1 heterocycles. The van der Waals surface area contributed by atoms with E-state index in [9.17, 15) is 0 Å². The lowest BCUT2D eigenvalue weighted by Gasteiger charge is -2.21. The van der Waals surface area contributed by atoms with Crippen molar-refractivity contribution in [1.29, 1.82) is 0 Å². The van der Waals surface area contributed by atoms with Crippen LogP contribution in [0.1, 0.15) is 51.1 Å². The molecule has 0 radical (unpaired) electrons. The van der Waals surface area contributed by atoms with Crippen LogP contribution in [0.3, 0.4) is 0 Å². The number of nitrogens with one attached hydrogen (secondary N) is 1. The second-order valence-electron chi connectivity index (χ2n) is 5.73. The lowest BCUT2D eigenvalue weighted by molar-refractivity contribution is 0.0779. The Morgan fingerprint density at radius 3 is 3.00 bits per heavy atom. The molecule has 1 aromatic heterocycles. The minimum absolute atomic E-state index is 0.738. The van der Waals surface area contributed by atoms with Gasteiger partial charge in [0.15, 0.2) is 0 Å². The zero-order valence-corrected chi connectivity index (χ0v) is 12.7. The van der Waals surface area contributed by atoms with E-state index in [1.807, 2.05) is 10.9 Å². The number of rotatable bonds is 9. The molecular formula is C15H28N4O. The fourth-order valence-corrected chi connectivity index (χ4v) is 2.68. The van der Waals surface area contributed by atoms with Gasteiger partial charge >= 0.3 is 0 Å². The van der Waals surface area contributed by atoms with Crippen molar-refractivity contribution in [2.24, 2.45) is 5.92 Å². The molecule has 5 nitrogen and oxygen atoms in total. The summed E-state index contributed by atoms with van der Waals surface area (Å²) >= 11 is 0. The Kier molecular flexibility index (Phi) is 7.01. The Bertz CT molecular complexity index is 361. The van der Waals surface area contributed by atoms with Gasteiger partial charge in [-0.3, -0.25) is 0 Å². The van der Waals surface area contributed by atoms with Crippen molar-refractivity contribution in [3.63, 3.8) is 0 Å². The fourth-order valence-electron chi connectivity index (χ4n) is 2.68. The summed E-state index contributed by atoms with van der Waals surface area (Å²) in [5.74, 6) is 0.785. The molecular weight excluding hydrogens is 252 g/mol. The summed E-state index contributed by atoms with van der Waals surface area (Å²) in [6, 6.07) is 0. The summed E-state index contributed by atoms with van der Waals surface area (Å²) in [5, 5.41) is 11.6. The highest BCUT2D eigenvalue weighted by Gasteiger charge is 2.13. The third-order valence-electron chi connectivity index (χ3n) is 3.86. The third-order valence-corrected chi connectivity index (χ3v) is 3.86. The van der Waals surface area contributed by atoms with Gasteiger partial charge in [-0.05, 0) is 31.7 Å². The molecule has 20 heavy (non-hydrogen) atoms. The van der Waals surface area contributed by atoms with Gasteiger partial charge in [0.2, 0.25) is 0 Å². The molecule has 1 fully saturated rings. The largest absolute Gasteiger partial charge is 0.379 e. The summed E-state index contributed by atoms with van der Waals surface area (Å²) in [6.07, 6.45) is 10.0. The van der Waals surface area contributed by atoms with Crippen molar-refractivity contribution in [2.75, 3.05) is 19.8 Å². The highest BCUT2D eigenvalue weighted by molar-refractivity contribution is 4.91. The molecule has 1 aliphatic rings. The average molecular weight is 280 g/mol. The fraction of sp³-hybridized carbons (Fsp3) is 0.867.